The zero-order chi connectivity index (χ0) is 13.2. The molecule has 0 aromatic carbocycles. The highest BCUT2D eigenvalue weighted by atomic mass is 32.1. The van der Waals surface area contributed by atoms with Gasteiger partial charge in [-0.05, 0) is 25.8 Å². The summed E-state index contributed by atoms with van der Waals surface area (Å²) in [4.78, 5) is 16.8. The molecule has 1 unspecified atom stereocenters. The largest absolute Gasteiger partial charge is 0.349 e. The SMILES string of the molecule is Cc1csc(CNC(=O)C2(C(C)C)CCNC2)n1. The highest BCUT2D eigenvalue weighted by Crippen LogP contribution is 2.34. The fourth-order valence-corrected chi connectivity index (χ4v) is 3.19. The van der Waals surface area contributed by atoms with Crippen molar-refractivity contribution in [2.24, 2.45) is 11.3 Å². The van der Waals surface area contributed by atoms with Gasteiger partial charge < -0.3 is 10.6 Å². The summed E-state index contributed by atoms with van der Waals surface area (Å²) in [5.41, 5.74) is 0.775. The zero-order valence-corrected chi connectivity index (χ0v) is 12.1. The van der Waals surface area contributed by atoms with Gasteiger partial charge in [0, 0.05) is 17.6 Å². The predicted octanol–water partition coefficient (Wildman–Crippen LogP) is 1.70. The lowest BCUT2D eigenvalue weighted by atomic mass is 9.75. The van der Waals surface area contributed by atoms with Crippen LogP contribution in [0.4, 0.5) is 0 Å². The molecule has 1 aliphatic heterocycles. The van der Waals surface area contributed by atoms with Gasteiger partial charge in [0.1, 0.15) is 5.01 Å². The van der Waals surface area contributed by atoms with Crippen molar-refractivity contribution in [1.29, 1.82) is 0 Å². The van der Waals surface area contributed by atoms with Crippen molar-refractivity contribution < 1.29 is 4.79 Å². The number of carbonyl (C=O) groups excluding carboxylic acids is 1. The Morgan fingerprint density at radius 3 is 2.94 bits per heavy atom. The molecule has 0 bridgehead atoms. The maximum absolute atomic E-state index is 12.4. The van der Waals surface area contributed by atoms with Crippen LogP contribution in [0.2, 0.25) is 0 Å². The quantitative estimate of drug-likeness (QED) is 0.873. The van der Waals surface area contributed by atoms with Gasteiger partial charge in [-0.3, -0.25) is 4.79 Å². The third-order valence-corrected chi connectivity index (χ3v) is 4.78. The fraction of sp³-hybridized carbons (Fsp3) is 0.692. The molecule has 2 N–H and O–H groups in total. The van der Waals surface area contributed by atoms with E-state index >= 15 is 0 Å². The van der Waals surface area contributed by atoms with Gasteiger partial charge in [-0.2, -0.15) is 0 Å². The number of hydrogen-bond acceptors (Lipinski definition) is 4. The van der Waals surface area contributed by atoms with Crippen LogP contribution in [0.5, 0.6) is 0 Å². The molecule has 1 aromatic rings. The Hall–Kier alpha value is -0.940. The summed E-state index contributed by atoms with van der Waals surface area (Å²) in [5, 5.41) is 9.34. The zero-order valence-electron chi connectivity index (χ0n) is 11.2. The minimum absolute atomic E-state index is 0.162. The van der Waals surface area contributed by atoms with Crippen LogP contribution in [0.1, 0.15) is 31.0 Å². The summed E-state index contributed by atoms with van der Waals surface area (Å²) in [6, 6.07) is 0. The van der Waals surface area contributed by atoms with Crippen molar-refractivity contribution in [3.05, 3.63) is 16.1 Å². The average molecular weight is 267 g/mol. The Morgan fingerprint density at radius 1 is 1.67 bits per heavy atom. The second-order valence-electron chi connectivity index (χ2n) is 5.30. The highest BCUT2D eigenvalue weighted by Gasteiger charge is 2.43. The molecular weight excluding hydrogens is 246 g/mol. The molecule has 100 valence electrons. The molecule has 0 spiro atoms. The number of aryl methyl sites for hydroxylation is 1. The van der Waals surface area contributed by atoms with Crippen LogP contribution in [-0.4, -0.2) is 24.0 Å². The Labute approximate surface area is 112 Å². The van der Waals surface area contributed by atoms with E-state index in [1.54, 1.807) is 11.3 Å². The van der Waals surface area contributed by atoms with Crippen LogP contribution in [0.15, 0.2) is 5.38 Å². The van der Waals surface area contributed by atoms with Gasteiger partial charge >= 0.3 is 0 Å². The molecule has 1 amide bonds. The first kappa shape index (κ1) is 13.5. The van der Waals surface area contributed by atoms with Gasteiger partial charge in [0.05, 0.1) is 12.0 Å². The lowest BCUT2D eigenvalue weighted by Crippen LogP contribution is -2.45. The smallest absolute Gasteiger partial charge is 0.228 e. The van der Waals surface area contributed by atoms with E-state index in [4.69, 9.17) is 0 Å². The minimum Gasteiger partial charge on any atom is -0.349 e. The first-order valence-corrected chi connectivity index (χ1v) is 7.32. The average Bonchev–Trinajstić information content (AvgIpc) is 2.95. The highest BCUT2D eigenvalue weighted by molar-refractivity contribution is 7.09. The van der Waals surface area contributed by atoms with E-state index in [2.05, 4.69) is 29.5 Å². The predicted molar refractivity (Wildman–Crippen MR) is 73.5 cm³/mol. The van der Waals surface area contributed by atoms with Crippen molar-refractivity contribution in [2.45, 2.75) is 33.7 Å². The van der Waals surface area contributed by atoms with Crippen LogP contribution in [0, 0.1) is 18.3 Å². The molecule has 0 aliphatic carbocycles. The van der Waals surface area contributed by atoms with Crippen LogP contribution < -0.4 is 10.6 Å². The molecule has 18 heavy (non-hydrogen) atoms. The second-order valence-corrected chi connectivity index (χ2v) is 6.25. The Bertz CT molecular complexity index is 422. The second kappa shape index (κ2) is 5.36. The van der Waals surface area contributed by atoms with E-state index in [1.165, 1.54) is 0 Å². The molecule has 1 aromatic heterocycles. The number of hydrogen-bond donors (Lipinski definition) is 2. The van der Waals surface area contributed by atoms with Crippen LogP contribution >= 0.6 is 11.3 Å². The van der Waals surface area contributed by atoms with Crippen molar-refractivity contribution in [3.63, 3.8) is 0 Å². The standard InChI is InChI=1S/C13H21N3OS/c1-9(2)13(4-5-14-8-13)12(17)15-6-11-16-10(3)7-18-11/h7,9,14H,4-6,8H2,1-3H3,(H,15,17). The van der Waals surface area contributed by atoms with Crippen LogP contribution in [0.3, 0.4) is 0 Å². The summed E-state index contributed by atoms with van der Waals surface area (Å²) >= 11 is 1.60. The number of aromatic nitrogens is 1. The number of amides is 1. The van der Waals surface area contributed by atoms with E-state index in [-0.39, 0.29) is 11.3 Å². The van der Waals surface area contributed by atoms with Crippen LogP contribution in [0.25, 0.3) is 0 Å². The number of carbonyl (C=O) groups is 1. The number of thiazole rings is 1. The van der Waals surface area contributed by atoms with Gasteiger partial charge in [-0.1, -0.05) is 13.8 Å². The van der Waals surface area contributed by atoms with E-state index in [1.807, 2.05) is 12.3 Å². The summed E-state index contributed by atoms with van der Waals surface area (Å²) < 4.78 is 0. The summed E-state index contributed by atoms with van der Waals surface area (Å²) in [6.45, 7) is 8.49. The number of rotatable bonds is 4. The maximum atomic E-state index is 12.4. The molecule has 4 nitrogen and oxygen atoms in total. The first-order valence-electron chi connectivity index (χ1n) is 6.44. The fourth-order valence-electron chi connectivity index (χ4n) is 2.48. The van der Waals surface area contributed by atoms with E-state index in [9.17, 15) is 4.79 Å². The minimum atomic E-state index is -0.244. The van der Waals surface area contributed by atoms with Gasteiger partial charge in [0.25, 0.3) is 0 Å². The third kappa shape index (κ3) is 2.57. The summed E-state index contributed by atoms with van der Waals surface area (Å²) in [7, 11) is 0. The lowest BCUT2D eigenvalue weighted by molar-refractivity contribution is -0.132. The van der Waals surface area contributed by atoms with E-state index < -0.39 is 0 Å². The molecule has 5 heteroatoms. The Morgan fingerprint density at radius 2 is 2.44 bits per heavy atom. The normalized spacial score (nSPS) is 23.6. The molecule has 1 fully saturated rings. The van der Waals surface area contributed by atoms with Crippen molar-refractivity contribution in [2.75, 3.05) is 13.1 Å². The monoisotopic (exact) mass is 267 g/mol. The van der Waals surface area contributed by atoms with Gasteiger partial charge in [0.15, 0.2) is 0 Å². The number of nitrogens with one attached hydrogen (secondary N) is 2. The molecule has 1 saturated heterocycles. The number of nitrogens with zero attached hydrogens (tertiary/aromatic N) is 1. The molecule has 0 saturated carbocycles. The van der Waals surface area contributed by atoms with Gasteiger partial charge in [-0.25, -0.2) is 4.98 Å². The molecular formula is C13H21N3OS. The molecule has 1 aliphatic rings. The first-order chi connectivity index (χ1) is 8.54. The Balaban J connectivity index is 1.98. The van der Waals surface area contributed by atoms with E-state index in [0.29, 0.717) is 12.5 Å². The summed E-state index contributed by atoms with van der Waals surface area (Å²) in [5.74, 6) is 0.515. The Kier molecular flexibility index (Phi) is 4.02. The van der Waals surface area contributed by atoms with Crippen molar-refractivity contribution in [1.82, 2.24) is 15.6 Å². The molecule has 2 heterocycles. The van der Waals surface area contributed by atoms with E-state index in [0.717, 1.165) is 30.2 Å². The molecule has 2 rings (SSSR count). The maximum Gasteiger partial charge on any atom is 0.228 e. The lowest BCUT2D eigenvalue weighted by Gasteiger charge is -2.30. The third-order valence-electron chi connectivity index (χ3n) is 3.81. The van der Waals surface area contributed by atoms with Crippen molar-refractivity contribution >= 4 is 17.2 Å². The molecule has 1 atom stereocenters. The topological polar surface area (TPSA) is 54.0 Å². The molecule has 0 radical (unpaired) electrons. The van der Waals surface area contributed by atoms with Crippen LogP contribution in [-0.2, 0) is 11.3 Å². The van der Waals surface area contributed by atoms with Gasteiger partial charge in [-0.15, -0.1) is 11.3 Å². The van der Waals surface area contributed by atoms with Crippen molar-refractivity contribution in [3.8, 4) is 0 Å². The summed E-state index contributed by atoms with van der Waals surface area (Å²) in [6.07, 6.45) is 0.924. The van der Waals surface area contributed by atoms with Gasteiger partial charge in [0.2, 0.25) is 5.91 Å².